The number of halogens is 1. The Balaban J connectivity index is 1.76. The van der Waals surface area contributed by atoms with Crippen LogP contribution in [-0.2, 0) is 9.59 Å². The summed E-state index contributed by atoms with van der Waals surface area (Å²) < 4.78 is 12.7. The van der Waals surface area contributed by atoms with Crippen LogP contribution in [0.15, 0.2) is 30.3 Å². The molecule has 1 saturated heterocycles. The molecule has 6 heteroatoms. The molecule has 21 heavy (non-hydrogen) atoms. The summed E-state index contributed by atoms with van der Waals surface area (Å²) in [4.78, 5) is 25.2. The first-order valence-corrected chi connectivity index (χ1v) is 6.85. The molecule has 1 aromatic carbocycles. The van der Waals surface area contributed by atoms with Crippen molar-refractivity contribution >= 4 is 17.9 Å². The molecule has 0 radical (unpaired) electrons. The third-order valence-electron chi connectivity index (χ3n) is 3.18. The highest BCUT2D eigenvalue weighted by molar-refractivity contribution is 5.94. The molecular formula is C15H18FN3O2. The maximum atomic E-state index is 12.7. The fraction of sp³-hybridized carbons (Fsp3) is 0.333. The van der Waals surface area contributed by atoms with Crippen LogP contribution in [0.4, 0.5) is 4.39 Å². The lowest BCUT2D eigenvalue weighted by Gasteiger charge is -2.27. The molecule has 2 amide bonds. The molecule has 0 aliphatic carbocycles. The Kier molecular flexibility index (Phi) is 5.45. The molecule has 112 valence electrons. The quantitative estimate of drug-likeness (QED) is 0.789. The van der Waals surface area contributed by atoms with Crippen LogP contribution in [0.5, 0.6) is 0 Å². The minimum absolute atomic E-state index is 0.00735. The maximum absolute atomic E-state index is 12.7. The van der Waals surface area contributed by atoms with Crippen molar-refractivity contribution in [2.45, 2.75) is 0 Å². The summed E-state index contributed by atoms with van der Waals surface area (Å²) in [7, 11) is 0. The van der Waals surface area contributed by atoms with Gasteiger partial charge in [0.15, 0.2) is 0 Å². The Labute approximate surface area is 122 Å². The van der Waals surface area contributed by atoms with Gasteiger partial charge in [0.1, 0.15) is 5.82 Å². The van der Waals surface area contributed by atoms with E-state index in [1.807, 2.05) is 0 Å². The number of rotatable bonds is 4. The van der Waals surface area contributed by atoms with Crippen LogP contribution in [0.3, 0.4) is 0 Å². The Morgan fingerprint density at radius 1 is 1.24 bits per heavy atom. The Bertz CT molecular complexity index is 522. The molecule has 0 atom stereocenters. The second-order valence-corrected chi connectivity index (χ2v) is 4.73. The molecule has 1 heterocycles. The van der Waals surface area contributed by atoms with Gasteiger partial charge >= 0.3 is 0 Å². The van der Waals surface area contributed by atoms with E-state index in [0.29, 0.717) is 13.1 Å². The molecule has 1 aliphatic rings. The van der Waals surface area contributed by atoms with Crippen molar-refractivity contribution in [3.8, 4) is 0 Å². The highest BCUT2D eigenvalue weighted by Gasteiger charge is 2.15. The van der Waals surface area contributed by atoms with Crippen molar-refractivity contribution < 1.29 is 14.0 Å². The maximum Gasteiger partial charge on any atom is 0.244 e. The minimum atomic E-state index is -0.345. The molecule has 0 bridgehead atoms. The normalized spacial score (nSPS) is 15.2. The lowest BCUT2D eigenvalue weighted by Crippen LogP contribution is -2.49. The fourth-order valence-corrected chi connectivity index (χ4v) is 1.99. The van der Waals surface area contributed by atoms with Gasteiger partial charge in [0, 0.05) is 32.3 Å². The van der Waals surface area contributed by atoms with Gasteiger partial charge in [0.25, 0.3) is 0 Å². The molecule has 1 aliphatic heterocycles. The second-order valence-electron chi connectivity index (χ2n) is 4.73. The first-order chi connectivity index (χ1) is 10.1. The predicted octanol–water partition coefficient (Wildman–Crippen LogP) is 0.387. The number of piperazine rings is 1. The van der Waals surface area contributed by atoms with Gasteiger partial charge in [-0.2, -0.15) is 0 Å². The zero-order valence-electron chi connectivity index (χ0n) is 11.6. The van der Waals surface area contributed by atoms with Gasteiger partial charge in [-0.3, -0.25) is 9.59 Å². The van der Waals surface area contributed by atoms with Crippen molar-refractivity contribution in [2.24, 2.45) is 0 Å². The van der Waals surface area contributed by atoms with Crippen LogP contribution in [-0.4, -0.2) is 49.4 Å². The molecule has 2 N–H and O–H groups in total. The van der Waals surface area contributed by atoms with E-state index in [0.717, 1.165) is 18.7 Å². The van der Waals surface area contributed by atoms with Crippen LogP contribution in [0, 0.1) is 5.82 Å². The van der Waals surface area contributed by atoms with Crippen molar-refractivity contribution in [1.82, 2.24) is 15.5 Å². The zero-order valence-corrected chi connectivity index (χ0v) is 11.6. The van der Waals surface area contributed by atoms with E-state index in [9.17, 15) is 14.0 Å². The van der Waals surface area contributed by atoms with E-state index in [4.69, 9.17) is 0 Å². The summed E-state index contributed by atoms with van der Waals surface area (Å²) in [6.07, 6.45) is 2.91. The summed E-state index contributed by atoms with van der Waals surface area (Å²) in [6, 6.07) is 5.80. The fourth-order valence-electron chi connectivity index (χ4n) is 1.99. The SMILES string of the molecule is O=C(/C=C/c1ccc(F)cc1)NCC(=O)N1CCNCC1. The number of hydrogen-bond acceptors (Lipinski definition) is 3. The van der Waals surface area contributed by atoms with Gasteiger partial charge in [-0.15, -0.1) is 0 Å². The standard InChI is InChI=1S/C15H18FN3O2/c16-13-4-1-12(2-5-13)3-6-14(20)18-11-15(21)19-9-7-17-8-10-19/h1-6,17H,7-11H2,(H,18,20)/b6-3+. The number of hydrogen-bond donors (Lipinski definition) is 2. The van der Waals surface area contributed by atoms with Crippen LogP contribution in [0.1, 0.15) is 5.56 Å². The third kappa shape index (κ3) is 5.00. The van der Waals surface area contributed by atoms with Crippen LogP contribution in [0.25, 0.3) is 6.08 Å². The number of amides is 2. The third-order valence-corrected chi connectivity index (χ3v) is 3.18. The smallest absolute Gasteiger partial charge is 0.244 e. The summed E-state index contributed by atoms with van der Waals surface area (Å²) in [6.45, 7) is 2.89. The van der Waals surface area contributed by atoms with E-state index >= 15 is 0 Å². The van der Waals surface area contributed by atoms with Crippen molar-refractivity contribution in [2.75, 3.05) is 32.7 Å². The molecule has 2 rings (SSSR count). The molecule has 0 spiro atoms. The predicted molar refractivity (Wildman–Crippen MR) is 77.9 cm³/mol. The van der Waals surface area contributed by atoms with E-state index in [-0.39, 0.29) is 24.2 Å². The first-order valence-electron chi connectivity index (χ1n) is 6.85. The number of carbonyl (C=O) groups excluding carboxylic acids is 2. The average Bonchev–Trinajstić information content (AvgIpc) is 2.53. The lowest BCUT2D eigenvalue weighted by atomic mass is 10.2. The number of nitrogens with zero attached hydrogens (tertiary/aromatic N) is 1. The van der Waals surface area contributed by atoms with Gasteiger partial charge < -0.3 is 15.5 Å². The summed E-state index contributed by atoms with van der Waals surface area (Å²) in [5, 5.41) is 5.71. The van der Waals surface area contributed by atoms with Crippen LogP contribution in [0.2, 0.25) is 0 Å². The first kappa shape index (κ1) is 15.2. The highest BCUT2D eigenvalue weighted by atomic mass is 19.1. The monoisotopic (exact) mass is 291 g/mol. The van der Waals surface area contributed by atoms with Gasteiger partial charge in [-0.05, 0) is 23.8 Å². The Hall–Kier alpha value is -2.21. The Morgan fingerprint density at radius 2 is 1.90 bits per heavy atom. The molecular weight excluding hydrogens is 273 g/mol. The summed E-state index contributed by atoms with van der Waals surface area (Å²) in [5.41, 5.74) is 0.722. The second kappa shape index (κ2) is 7.54. The molecule has 0 unspecified atom stereocenters. The molecule has 5 nitrogen and oxygen atoms in total. The molecule has 1 fully saturated rings. The Morgan fingerprint density at radius 3 is 2.57 bits per heavy atom. The molecule has 0 aromatic heterocycles. The van der Waals surface area contributed by atoms with E-state index in [1.165, 1.54) is 18.2 Å². The van der Waals surface area contributed by atoms with E-state index in [1.54, 1.807) is 23.1 Å². The average molecular weight is 291 g/mol. The highest BCUT2D eigenvalue weighted by Crippen LogP contribution is 2.04. The number of nitrogens with one attached hydrogen (secondary N) is 2. The van der Waals surface area contributed by atoms with Crippen molar-refractivity contribution in [3.05, 3.63) is 41.7 Å². The number of carbonyl (C=O) groups is 2. The summed E-state index contributed by atoms with van der Waals surface area (Å²) >= 11 is 0. The van der Waals surface area contributed by atoms with E-state index in [2.05, 4.69) is 10.6 Å². The van der Waals surface area contributed by atoms with Crippen molar-refractivity contribution in [3.63, 3.8) is 0 Å². The zero-order chi connectivity index (χ0) is 15.1. The van der Waals surface area contributed by atoms with E-state index < -0.39 is 0 Å². The van der Waals surface area contributed by atoms with Crippen molar-refractivity contribution in [1.29, 1.82) is 0 Å². The van der Waals surface area contributed by atoms with Gasteiger partial charge in [0.05, 0.1) is 6.54 Å². The van der Waals surface area contributed by atoms with Gasteiger partial charge in [-0.25, -0.2) is 4.39 Å². The van der Waals surface area contributed by atoms with Crippen LogP contribution >= 0.6 is 0 Å². The minimum Gasteiger partial charge on any atom is -0.343 e. The summed E-state index contributed by atoms with van der Waals surface area (Å²) in [5.74, 6) is -0.749. The largest absolute Gasteiger partial charge is 0.343 e. The number of benzene rings is 1. The van der Waals surface area contributed by atoms with Crippen LogP contribution < -0.4 is 10.6 Å². The molecule has 1 aromatic rings. The van der Waals surface area contributed by atoms with Gasteiger partial charge in [0.2, 0.25) is 11.8 Å². The van der Waals surface area contributed by atoms with Gasteiger partial charge in [-0.1, -0.05) is 12.1 Å². The molecule has 0 saturated carbocycles. The lowest BCUT2D eigenvalue weighted by molar-refractivity contribution is -0.132. The topological polar surface area (TPSA) is 61.4 Å².